The van der Waals surface area contributed by atoms with Crippen LogP contribution in [0.25, 0.3) is 0 Å². The van der Waals surface area contributed by atoms with Crippen LogP contribution in [0, 0.1) is 5.82 Å². The van der Waals surface area contributed by atoms with E-state index in [0.717, 1.165) is 10.0 Å². The van der Waals surface area contributed by atoms with Crippen LogP contribution in [0.1, 0.15) is 27.5 Å². The molecular formula is C23H18BrFN2O3. The normalized spacial score (nSPS) is 15.8. The van der Waals surface area contributed by atoms with Gasteiger partial charge in [-0.2, -0.15) is 0 Å². The predicted octanol–water partition coefficient (Wildman–Crippen LogP) is 4.78. The van der Waals surface area contributed by atoms with E-state index in [1.54, 1.807) is 42.5 Å². The van der Waals surface area contributed by atoms with Gasteiger partial charge in [-0.05, 0) is 48.0 Å². The predicted molar refractivity (Wildman–Crippen MR) is 115 cm³/mol. The molecule has 0 radical (unpaired) electrons. The summed E-state index contributed by atoms with van der Waals surface area (Å²) in [6.45, 7) is -0.161. The van der Waals surface area contributed by atoms with E-state index in [-0.39, 0.29) is 24.2 Å². The summed E-state index contributed by atoms with van der Waals surface area (Å²) < 4.78 is 19.8. The quantitative estimate of drug-likeness (QED) is 0.601. The van der Waals surface area contributed by atoms with Gasteiger partial charge in [-0.1, -0.05) is 40.2 Å². The van der Waals surface area contributed by atoms with E-state index in [1.807, 2.05) is 12.1 Å². The number of carbonyl (C=O) groups is 2. The van der Waals surface area contributed by atoms with Gasteiger partial charge in [0.2, 0.25) is 5.91 Å². The summed E-state index contributed by atoms with van der Waals surface area (Å²) >= 11 is 3.47. The SMILES string of the molecule is COc1ccccc1C(=O)N1CC(=O)Nc2ccc(Br)cc2C1c1ccc(F)cc1. The summed E-state index contributed by atoms with van der Waals surface area (Å²) in [4.78, 5) is 27.7. The molecule has 2 amide bonds. The van der Waals surface area contributed by atoms with Crippen molar-refractivity contribution in [3.05, 3.63) is 93.7 Å². The number of carbonyl (C=O) groups excluding carboxylic acids is 2. The van der Waals surface area contributed by atoms with Crippen molar-refractivity contribution in [3.63, 3.8) is 0 Å². The molecule has 0 aromatic heterocycles. The van der Waals surface area contributed by atoms with Crippen LogP contribution in [-0.4, -0.2) is 30.4 Å². The second-order valence-electron chi connectivity index (χ2n) is 6.87. The molecule has 1 unspecified atom stereocenters. The van der Waals surface area contributed by atoms with E-state index in [0.29, 0.717) is 22.6 Å². The molecule has 0 aliphatic carbocycles. The molecule has 1 aliphatic heterocycles. The third kappa shape index (κ3) is 3.80. The first-order chi connectivity index (χ1) is 14.5. The fraction of sp³-hybridized carbons (Fsp3) is 0.130. The monoisotopic (exact) mass is 468 g/mol. The maximum atomic E-state index is 13.6. The lowest BCUT2D eigenvalue weighted by atomic mass is 9.95. The number of anilines is 1. The van der Waals surface area contributed by atoms with Crippen molar-refractivity contribution in [1.29, 1.82) is 0 Å². The first-order valence-corrected chi connectivity index (χ1v) is 10.1. The molecule has 3 aromatic carbocycles. The van der Waals surface area contributed by atoms with Gasteiger partial charge in [0.15, 0.2) is 0 Å². The third-order valence-corrected chi connectivity index (χ3v) is 5.49. The Bertz CT molecular complexity index is 1120. The zero-order chi connectivity index (χ0) is 21.3. The van der Waals surface area contributed by atoms with E-state index < -0.39 is 6.04 Å². The van der Waals surface area contributed by atoms with Crippen LogP contribution in [0.5, 0.6) is 5.75 Å². The molecule has 1 N–H and O–H groups in total. The van der Waals surface area contributed by atoms with Gasteiger partial charge in [0.05, 0.1) is 18.7 Å². The molecule has 0 fully saturated rings. The highest BCUT2D eigenvalue weighted by molar-refractivity contribution is 9.10. The van der Waals surface area contributed by atoms with Crippen molar-refractivity contribution in [1.82, 2.24) is 4.90 Å². The number of nitrogens with one attached hydrogen (secondary N) is 1. The van der Waals surface area contributed by atoms with E-state index in [9.17, 15) is 14.0 Å². The molecule has 30 heavy (non-hydrogen) atoms. The number of methoxy groups -OCH3 is 1. The van der Waals surface area contributed by atoms with Gasteiger partial charge in [-0.15, -0.1) is 0 Å². The minimum absolute atomic E-state index is 0.161. The molecule has 0 bridgehead atoms. The number of hydrogen-bond acceptors (Lipinski definition) is 3. The summed E-state index contributed by atoms with van der Waals surface area (Å²) in [5.41, 5.74) is 2.37. The topological polar surface area (TPSA) is 58.6 Å². The van der Waals surface area contributed by atoms with Gasteiger partial charge in [-0.25, -0.2) is 4.39 Å². The third-order valence-electron chi connectivity index (χ3n) is 4.99. The number of benzene rings is 3. The van der Waals surface area contributed by atoms with Crippen molar-refractivity contribution >= 4 is 33.4 Å². The molecular weight excluding hydrogens is 451 g/mol. The van der Waals surface area contributed by atoms with Gasteiger partial charge >= 0.3 is 0 Å². The van der Waals surface area contributed by atoms with E-state index in [1.165, 1.54) is 24.1 Å². The van der Waals surface area contributed by atoms with Crippen LogP contribution in [0.2, 0.25) is 0 Å². The summed E-state index contributed by atoms with van der Waals surface area (Å²) in [7, 11) is 1.49. The Kier molecular flexibility index (Phi) is 5.55. The Labute approximate surface area is 181 Å². The van der Waals surface area contributed by atoms with Crippen LogP contribution in [0.3, 0.4) is 0 Å². The number of para-hydroxylation sites is 1. The van der Waals surface area contributed by atoms with Crippen molar-refractivity contribution in [2.24, 2.45) is 0 Å². The zero-order valence-electron chi connectivity index (χ0n) is 16.1. The molecule has 0 saturated heterocycles. The van der Waals surface area contributed by atoms with Gasteiger partial charge in [0, 0.05) is 15.7 Å². The highest BCUT2D eigenvalue weighted by Crippen LogP contribution is 2.38. The summed E-state index contributed by atoms with van der Waals surface area (Å²) in [6.07, 6.45) is 0. The van der Waals surface area contributed by atoms with Crippen LogP contribution < -0.4 is 10.1 Å². The number of hydrogen-bond donors (Lipinski definition) is 1. The van der Waals surface area contributed by atoms with Crippen molar-refractivity contribution in [3.8, 4) is 5.75 Å². The van der Waals surface area contributed by atoms with Crippen molar-refractivity contribution in [2.75, 3.05) is 19.0 Å². The molecule has 0 saturated carbocycles. The molecule has 0 spiro atoms. The average molecular weight is 469 g/mol. The fourth-order valence-corrected chi connectivity index (χ4v) is 4.03. The smallest absolute Gasteiger partial charge is 0.258 e. The fourth-order valence-electron chi connectivity index (χ4n) is 3.65. The molecule has 5 nitrogen and oxygen atoms in total. The van der Waals surface area contributed by atoms with Crippen LogP contribution >= 0.6 is 15.9 Å². The number of halogens is 2. The Hall–Kier alpha value is -3.19. The van der Waals surface area contributed by atoms with Crippen molar-refractivity contribution in [2.45, 2.75) is 6.04 Å². The Morgan fingerprint density at radius 3 is 2.60 bits per heavy atom. The molecule has 4 rings (SSSR count). The zero-order valence-corrected chi connectivity index (χ0v) is 17.6. The van der Waals surface area contributed by atoms with Gasteiger partial charge in [0.25, 0.3) is 5.91 Å². The molecule has 152 valence electrons. The summed E-state index contributed by atoms with van der Waals surface area (Å²) in [6, 6.07) is 17.7. The molecule has 1 atom stereocenters. The number of ether oxygens (including phenoxy) is 1. The first-order valence-electron chi connectivity index (χ1n) is 9.26. The van der Waals surface area contributed by atoms with Gasteiger partial charge in [-0.3, -0.25) is 9.59 Å². The van der Waals surface area contributed by atoms with Gasteiger partial charge < -0.3 is 15.0 Å². The lowest BCUT2D eigenvalue weighted by molar-refractivity contribution is -0.117. The molecule has 1 aliphatic rings. The summed E-state index contributed by atoms with van der Waals surface area (Å²) in [5, 5.41) is 2.87. The van der Waals surface area contributed by atoms with E-state index in [4.69, 9.17) is 4.74 Å². The maximum absolute atomic E-state index is 13.6. The number of nitrogens with zero attached hydrogens (tertiary/aromatic N) is 1. The number of fused-ring (bicyclic) bond motifs is 1. The first kappa shape index (κ1) is 20.1. The maximum Gasteiger partial charge on any atom is 0.258 e. The average Bonchev–Trinajstić information content (AvgIpc) is 2.89. The highest BCUT2D eigenvalue weighted by Gasteiger charge is 2.35. The summed E-state index contributed by atoms with van der Waals surface area (Å²) in [5.74, 6) is -0.630. The molecule has 3 aromatic rings. The standard InChI is InChI=1S/C23H18BrFN2O3/c1-30-20-5-3-2-4-17(20)23(29)27-13-21(28)26-19-11-8-15(24)12-18(19)22(27)14-6-9-16(25)10-7-14/h2-12,22H,13H2,1H3,(H,26,28). The Balaban J connectivity index is 1.91. The lowest BCUT2D eigenvalue weighted by Crippen LogP contribution is -2.39. The highest BCUT2D eigenvalue weighted by atomic mass is 79.9. The Morgan fingerprint density at radius 1 is 1.13 bits per heavy atom. The second-order valence-corrected chi connectivity index (χ2v) is 7.78. The minimum atomic E-state index is -0.602. The van der Waals surface area contributed by atoms with Gasteiger partial charge in [0.1, 0.15) is 18.1 Å². The van der Waals surface area contributed by atoms with Crippen LogP contribution in [-0.2, 0) is 4.79 Å². The van der Waals surface area contributed by atoms with Crippen LogP contribution in [0.15, 0.2) is 71.2 Å². The largest absolute Gasteiger partial charge is 0.496 e. The Morgan fingerprint density at radius 2 is 1.87 bits per heavy atom. The second kappa shape index (κ2) is 8.28. The molecule has 7 heteroatoms. The minimum Gasteiger partial charge on any atom is -0.496 e. The van der Waals surface area contributed by atoms with E-state index >= 15 is 0 Å². The van der Waals surface area contributed by atoms with E-state index in [2.05, 4.69) is 21.2 Å². The molecule has 1 heterocycles. The number of rotatable bonds is 3. The van der Waals surface area contributed by atoms with Crippen LogP contribution in [0.4, 0.5) is 10.1 Å². The lowest BCUT2D eigenvalue weighted by Gasteiger charge is -2.31. The van der Waals surface area contributed by atoms with Crippen molar-refractivity contribution < 1.29 is 18.7 Å². The number of amides is 2.